The Bertz CT molecular complexity index is 914. The number of hydrogen-bond acceptors (Lipinski definition) is 6. The molecule has 3 saturated heterocycles. The topological polar surface area (TPSA) is 75.6 Å². The van der Waals surface area contributed by atoms with Crippen molar-refractivity contribution >= 4 is 17.8 Å². The van der Waals surface area contributed by atoms with Gasteiger partial charge >= 0.3 is 6.09 Å². The highest BCUT2D eigenvalue weighted by atomic mass is 16.6. The van der Waals surface area contributed by atoms with E-state index in [1.807, 2.05) is 35.2 Å². The maximum absolute atomic E-state index is 13.1. The number of ether oxygens (including phenoxy) is 1. The molecular formula is C24H28N4O3. The first-order valence-corrected chi connectivity index (χ1v) is 11.3. The first-order chi connectivity index (χ1) is 15.2. The Kier molecular flexibility index (Phi) is 5.57. The monoisotopic (exact) mass is 420 g/mol. The summed E-state index contributed by atoms with van der Waals surface area (Å²) in [6.45, 7) is 2.24. The van der Waals surface area contributed by atoms with Gasteiger partial charge in [0.05, 0.1) is 5.56 Å². The molecule has 162 valence electrons. The summed E-state index contributed by atoms with van der Waals surface area (Å²) in [5, 5.41) is 0. The van der Waals surface area contributed by atoms with Gasteiger partial charge in [0.1, 0.15) is 6.61 Å². The van der Waals surface area contributed by atoms with E-state index in [0.29, 0.717) is 24.4 Å². The van der Waals surface area contributed by atoms with Crippen LogP contribution in [-0.2, 0) is 11.3 Å². The second kappa shape index (κ2) is 8.65. The van der Waals surface area contributed by atoms with Gasteiger partial charge in [-0.1, -0.05) is 30.3 Å². The first-order valence-electron chi connectivity index (χ1n) is 11.3. The third kappa shape index (κ3) is 4.13. The summed E-state index contributed by atoms with van der Waals surface area (Å²) in [6, 6.07) is 9.85. The third-order valence-electron chi connectivity index (χ3n) is 6.83. The molecule has 1 amide bonds. The Morgan fingerprint density at radius 2 is 1.61 bits per heavy atom. The molecule has 7 nitrogen and oxygen atoms in total. The Hall–Kier alpha value is -2.96. The zero-order valence-corrected chi connectivity index (χ0v) is 17.7. The van der Waals surface area contributed by atoms with Gasteiger partial charge in [0.25, 0.3) is 0 Å². The van der Waals surface area contributed by atoms with Crippen molar-refractivity contribution in [3.05, 3.63) is 53.9 Å². The molecule has 2 bridgehead atoms. The number of anilines is 1. The fraction of sp³-hybridized carbons (Fsp3) is 0.500. The van der Waals surface area contributed by atoms with Gasteiger partial charge in [0.15, 0.2) is 5.78 Å². The highest BCUT2D eigenvalue weighted by Crippen LogP contribution is 2.40. The summed E-state index contributed by atoms with van der Waals surface area (Å²) in [6.07, 6.45) is 8.64. The first kappa shape index (κ1) is 20.0. The maximum atomic E-state index is 13.1. The van der Waals surface area contributed by atoms with Gasteiger partial charge in [0, 0.05) is 43.5 Å². The molecule has 3 aliphatic rings. The number of carbonyl (C=O) groups excluding carboxylic acids is 2. The zero-order chi connectivity index (χ0) is 21.2. The standard InChI is InChI=1S/C24H28N4O3/c29-22(19-14-25-23(26-15-19)27-10-4-5-11-27)18-12-20-8-9-21(13-18)28(20)24(30)31-16-17-6-2-1-3-7-17/h1-3,6-7,14-15,18,20-21H,4-5,8-13,16H2. The lowest BCUT2D eigenvalue weighted by molar-refractivity contribution is 0.0485. The molecule has 2 atom stereocenters. The van der Waals surface area contributed by atoms with Crippen molar-refractivity contribution < 1.29 is 14.3 Å². The molecule has 0 aliphatic carbocycles. The molecule has 3 fully saturated rings. The zero-order valence-electron chi connectivity index (χ0n) is 17.7. The van der Waals surface area contributed by atoms with Crippen molar-refractivity contribution in [1.82, 2.24) is 14.9 Å². The predicted molar refractivity (Wildman–Crippen MR) is 116 cm³/mol. The minimum Gasteiger partial charge on any atom is -0.445 e. The highest BCUT2D eigenvalue weighted by molar-refractivity contribution is 5.97. The molecule has 0 N–H and O–H groups in total. The van der Waals surface area contributed by atoms with Crippen LogP contribution in [0, 0.1) is 5.92 Å². The normalized spacial score (nSPS) is 25.0. The van der Waals surface area contributed by atoms with Crippen molar-refractivity contribution in [3.8, 4) is 0 Å². The number of amides is 1. The number of benzene rings is 1. The van der Waals surface area contributed by atoms with Crippen LogP contribution < -0.4 is 4.90 Å². The Balaban J connectivity index is 1.20. The average Bonchev–Trinajstić information content (AvgIpc) is 3.44. The van der Waals surface area contributed by atoms with Crippen molar-refractivity contribution in [2.45, 2.75) is 57.2 Å². The molecule has 1 aromatic heterocycles. The van der Waals surface area contributed by atoms with E-state index in [0.717, 1.165) is 31.5 Å². The van der Waals surface area contributed by atoms with Gasteiger partial charge in [-0.3, -0.25) is 4.79 Å². The fourth-order valence-electron chi connectivity index (χ4n) is 5.25. The molecule has 0 spiro atoms. The largest absolute Gasteiger partial charge is 0.445 e. The predicted octanol–water partition coefficient (Wildman–Crippen LogP) is 3.84. The van der Waals surface area contributed by atoms with E-state index in [2.05, 4.69) is 14.9 Å². The number of aromatic nitrogens is 2. The molecule has 2 aromatic rings. The van der Waals surface area contributed by atoms with Crippen LogP contribution in [-0.4, -0.2) is 51.9 Å². The Morgan fingerprint density at radius 3 is 2.26 bits per heavy atom. The van der Waals surface area contributed by atoms with Gasteiger partial charge < -0.3 is 14.5 Å². The van der Waals surface area contributed by atoms with Crippen LogP contribution in [0.2, 0.25) is 0 Å². The number of fused-ring (bicyclic) bond motifs is 2. The molecule has 3 aliphatic heterocycles. The number of carbonyl (C=O) groups is 2. The molecule has 31 heavy (non-hydrogen) atoms. The average molecular weight is 421 g/mol. The quantitative estimate of drug-likeness (QED) is 0.684. The minimum atomic E-state index is -0.263. The van der Waals surface area contributed by atoms with Crippen molar-refractivity contribution in [1.29, 1.82) is 0 Å². The number of nitrogens with zero attached hydrogens (tertiary/aromatic N) is 4. The summed E-state index contributed by atoms with van der Waals surface area (Å²) in [4.78, 5) is 38.8. The Labute approximate surface area is 182 Å². The summed E-state index contributed by atoms with van der Waals surface area (Å²) >= 11 is 0. The lowest BCUT2D eigenvalue weighted by atomic mass is 9.85. The number of rotatable bonds is 5. The van der Waals surface area contributed by atoms with Crippen LogP contribution in [0.5, 0.6) is 0 Å². The lowest BCUT2D eigenvalue weighted by Crippen LogP contribution is -2.48. The van der Waals surface area contributed by atoms with Crippen LogP contribution >= 0.6 is 0 Å². The lowest BCUT2D eigenvalue weighted by Gasteiger charge is -2.37. The van der Waals surface area contributed by atoms with Crippen LogP contribution in [0.1, 0.15) is 54.4 Å². The maximum Gasteiger partial charge on any atom is 0.410 e. The molecule has 4 heterocycles. The van der Waals surface area contributed by atoms with Gasteiger partial charge in [-0.05, 0) is 44.1 Å². The minimum absolute atomic E-state index is 0.0702. The van der Waals surface area contributed by atoms with E-state index < -0.39 is 0 Å². The number of Topliss-reactive ketones (excluding diaryl/α,β-unsaturated/α-hetero) is 1. The van der Waals surface area contributed by atoms with Gasteiger partial charge in [-0.15, -0.1) is 0 Å². The smallest absolute Gasteiger partial charge is 0.410 e. The van der Waals surface area contributed by atoms with E-state index in [4.69, 9.17) is 4.74 Å². The van der Waals surface area contributed by atoms with E-state index in [1.165, 1.54) is 12.8 Å². The van der Waals surface area contributed by atoms with E-state index >= 15 is 0 Å². The van der Waals surface area contributed by atoms with Crippen molar-refractivity contribution in [2.24, 2.45) is 5.92 Å². The van der Waals surface area contributed by atoms with Crippen LogP contribution in [0.25, 0.3) is 0 Å². The van der Waals surface area contributed by atoms with Crippen molar-refractivity contribution in [2.75, 3.05) is 18.0 Å². The fourth-order valence-corrected chi connectivity index (χ4v) is 5.25. The van der Waals surface area contributed by atoms with Crippen LogP contribution in [0.4, 0.5) is 10.7 Å². The van der Waals surface area contributed by atoms with Gasteiger partial charge in [0.2, 0.25) is 5.95 Å². The molecule has 2 unspecified atom stereocenters. The second-order valence-corrected chi connectivity index (χ2v) is 8.83. The summed E-state index contributed by atoms with van der Waals surface area (Å²) < 4.78 is 5.57. The molecule has 0 saturated carbocycles. The van der Waals surface area contributed by atoms with Gasteiger partial charge in [-0.25, -0.2) is 14.8 Å². The molecule has 0 radical (unpaired) electrons. The second-order valence-electron chi connectivity index (χ2n) is 8.83. The number of ketones is 1. The summed E-state index contributed by atoms with van der Waals surface area (Å²) in [7, 11) is 0. The summed E-state index contributed by atoms with van der Waals surface area (Å²) in [5.41, 5.74) is 1.55. The number of piperidine rings is 1. The summed E-state index contributed by atoms with van der Waals surface area (Å²) in [5.74, 6) is 0.726. The van der Waals surface area contributed by atoms with Gasteiger partial charge in [-0.2, -0.15) is 0 Å². The van der Waals surface area contributed by atoms with Crippen LogP contribution in [0.3, 0.4) is 0 Å². The third-order valence-corrected chi connectivity index (χ3v) is 6.83. The van der Waals surface area contributed by atoms with E-state index in [9.17, 15) is 9.59 Å². The van der Waals surface area contributed by atoms with E-state index in [-0.39, 0.29) is 36.5 Å². The van der Waals surface area contributed by atoms with E-state index in [1.54, 1.807) is 12.4 Å². The molecule has 1 aromatic carbocycles. The Morgan fingerprint density at radius 1 is 0.968 bits per heavy atom. The molecule has 7 heteroatoms. The molecule has 5 rings (SSSR count). The highest BCUT2D eigenvalue weighted by Gasteiger charge is 2.46. The van der Waals surface area contributed by atoms with Crippen LogP contribution in [0.15, 0.2) is 42.7 Å². The SMILES string of the molecule is O=C(c1cnc(N2CCCC2)nc1)C1CC2CCC(C1)N2C(=O)OCc1ccccc1. The number of hydrogen-bond donors (Lipinski definition) is 0. The van der Waals surface area contributed by atoms with Crippen molar-refractivity contribution in [3.63, 3.8) is 0 Å². The molecular weight excluding hydrogens is 392 g/mol.